The minimum atomic E-state index is -1.17. The molecule has 1 heterocycles. The summed E-state index contributed by atoms with van der Waals surface area (Å²) in [5.41, 5.74) is 0.212. The van der Waals surface area contributed by atoms with Crippen LogP contribution in [0.1, 0.15) is 16.1 Å². The van der Waals surface area contributed by atoms with E-state index in [2.05, 4.69) is 5.16 Å². The van der Waals surface area contributed by atoms with Gasteiger partial charge < -0.3 is 14.7 Å². The van der Waals surface area contributed by atoms with Crippen molar-refractivity contribution >= 4 is 17.6 Å². The second-order valence-corrected chi connectivity index (χ2v) is 3.87. The highest BCUT2D eigenvalue weighted by molar-refractivity contribution is 6.31. The second kappa shape index (κ2) is 4.10. The van der Waals surface area contributed by atoms with E-state index in [9.17, 15) is 9.90 Å². The number of aromatic hydroxyl groups is 1. The van der Waals surface area contributed by atoms with E-state index in [1.807, 2.05) is 0 Å². The van der Waals surface area contributed by atoms with Crippen LogP contribution < -0.4 is 0 Å². The minimum Gasteiger partial charge on any atom is -0.507 e. The van der Waals surface area contributed by atoms with Crippen molar-refractivity contribution in [2.24, 2.45) is 0 Å². The van der Waals surface area contributed by atoms with E-state index in [1.54, 1.807) is 0 Å². The van der Waals surface area contributed by atoms with Crippen LogP contribution in [-0.4, -0.2) is 21.3 Å². The fraction of sp³-hybridized carbons (Fsp3) is 0.0909. The molecular formula is C11H8ClNO4. The summed E-state index contributed by atoms with van der Waals surface area (Å²) in [6, 6.07) is 4.29. The number of benzene rings is 1. The number of phenolic OH excluding ortho intramolecular Hbond substituents is 1. The molecule has 0 aliphatic carbocycles. The lowest BCUT2D eigenvalue weighted by molar-refractivity contribution is 0.0696. The summed E-state index contributed by atoms with van der Waals surface area (Å²) in [5.74, 6) is -1.10. The average Bonchev–Trinajstić information content (AvgIpc) is 2.64. The Kier molecular flexibility index (Phi) is 2.77. The second-order valence-electron chi connectivity index (χ2n) is 3.43. The lowest BCUT2D eigenvalue weighted by Gasteiger charge is -2.02. The van der Waals surface area contributed by atoms with Gasteiger partial charge in [0, 0.05) is 10.6 Å². The predicted octanol–water partition coefficient (Wildman–Crippen LogP) is 2.71. The zero-order valence-corrected chi connectivity index (χ0v) is 9.52. The molecule has 0 atom stereocenters. The highest BCUT2D eigenvalue weighted by Crippen LogP contribution is 2.34. The Morgan fingerprint density at radius 2 is 2.18 bits per heavy atom. The van der Waals surface area contributed by atoms with Crippen LogP contribution >= 0.6 is 11.6 Å². The topological polar surface area (TPSA) is 83.6 Å². The molecule has 0 unspecified atom stereocenters. The Morgan fingerprint density at radius 3 is 2.82 bits per heavy atom. The Labute approximate surface area is 101 Å². The highest BCUT2D eigenvalue weighted by Gasteiger charge is 2.22. The van der Waals surface area contributed by atoms with Crippen molar-refractivity contribution in [3.63, 3.8) is 0 Å². The van der Waals surface area contributed by atoms with Gasteiger partial charge in [0.25, 0.3) is 0 Å². The van der Waals surface area contributed by atoms with Crippen molar-refractivity contribution in [1.82, 2.24) is 5.16 Å². The van der Waals surface area contributed by atoms with Crippen LogP contribution in [0.5, 0.6) is 5.75 Å². The molecule has 2 aromatic rings. The minimum absolute atomic E-state index is 0.0648. The molecule has 0 bridgehead atoms. The summed E-state index contributed by atoms with van der Waals surface area (Å²) in [6.45, 7) is 1.49. The van der Waals surface area contributed by atoms with Gasteiger partial charge in [-0.05, 0) is 25.1 Å². The van der Waals surface area contributed by atoms with Gasteiger partial charge >= 0.3 is 5.97 Å². The number of aromatic carboxylic acids is 1. The van der Waals surface area contributed by atoms with Crippen molar-refractivity contribution in [1.29, 1.82) is 0 Å². The first kappa shape index (κ1) is 11.5. The number of rotatable bonds is 2. The average molecular weight is 254 g/mol. The van der Waals surface area contributed by atoms with Gasteiger partial charge in [-0.1, -0.05) is 16.8 Å². The molecule has 0 amide bonds. The molecule has 0 saturated carbocycles. The molecule has 6 heteroatoms. The van der Waals surface area contributed by atoms with Gasteiger partial charge in [-0.15, -0.1) is 0 Å². The third kappa shape index (κ3) is 1.97. The van der Waals surface area contributed by atoms with Gasteiger partial charge in [0.05, 0.1) is 0 Å². The fourth-order valence-electron chi connectivity index (χ4n) is 1.51. The number of nitrogens with zero attached hydrogens (tertiary/aromatic N) is 1. The molecule has 1 aromatic heterocycles. The van der Waals surface area contributed by atoms with E-state index >= 15 is 0 Å². The maximum Gasteiger partial charge on any atom is 0.341 e. The lowest BCUT2D eigenvalue weighted by Crippen LogP contribution is -1.99. The molecule has 2 N–H and O–H groups in total. The van der Waals surface area contributed by atoms with Crippen LogP contribution in [0, 0.1) is 6.92 Å². The lowest BCUT2D eigenvalue weighted by atomic mass is 10.1. The van der Waals surface area contributed by atoms with Gasteiger partial charge in [-0.25, -0.2) is 4.79 Å². The van der Waals surface area contributed by atoms with Gasteiger partial charge in [-0.3, -0.25) is 0 Å². The van der Waals surface area contributed by atoms with Gasteiger partial charge in [0.15, 0.2) is 0 Å². The third-order valence-electron chi connectivity index (χ3n) is 2.29. The van der Waals surface area contributed by atoms with Crippen molar-refractivity contribution in [3.05, 3.63) is 34.5 Å². The number of aromatic nitrogens is 1. The van der Waals surface area contributed by atoms with Crippen LogP contribution in [0.25, 0.3) is 11.3 Å². The number of carbonyl (C=O) groups is 1. The Morgan fingerprint density at radius 1 is 1.47 bits per heavy atom. The third-order valence-corrected chi connectivity index (χ3v) is 2.53. The first-order chi connectivity index (χ1) is 8.00. The molecule has 1 aromatic carbocycles. The number of aryl methyl sites for hydroxylation is 1. The van der Waals surface area contributed by atoms with E-state index in [0.29, 0.717) is 5.02 Å². The molecule has 0 aliphatic rings. The standard InChI is InChI=1S/C11H8ClNO4/c1-5-9(11(15)16)10(13-17-5)7-4-6(12)2-3-8(7)14/h2-4,14H,1H3,(H,15,16). The van der Waals surface area contributed by atoms with Gasteiger partial charge in [-0.2, -0.15) is 0 Å². The molecule has 2 rings (SSSR count). The SMILES string of the molecule is Cc1onc(-c2cc(Cl)ccc2O)c1C(=O)O. The first-order valence-electron chi connectivity index (χ1n) is 4.69. The Bertz CT molecular complexity index is 591. The summed E-state index contributed by atoms with van der Waals surface area (Å²) in [6.07, 6.45) is 0. The summed E-state index contributed by atoms with van der Waals surface area (Å²) in [5, 5.41) is 22.7. The fourth-order valence-corrected chi connectivity index (χ4v) is 1.68. The zero-order chi connectivity index (χ0) is 12.6. The monoisotopic (exact) mass is 253 g/mol. The van der Waals surface area contributed by atoms with E-state index < -0.39 is 5.97 Å². The number of carboxylic acids is 1. The maximum atomic E-state index is 11.1. The highest BCUT2D eigenvalue weighted by atomic mass is 35.5. The van der Waals surface area contributed by atoms with Crippen LogP contribution in [0.15, 0.2) is 22.7 Å². The predicted molar refractivity (Wildman–Crippen MR) is 60.3 cm³/mol. The van der Waals surface area contributed by atoms with Crippen molar-refractivity contribution in [2.75, 3.05) is 0 Å². The van der Waals surface area contributed by atoms with Gasteiger partial charge in [0.2, 0.25) is 0 Å². The van der Waals surface area contributed by atoms with E-state index in [4.69, 9.17) is 21.2 Å². The molecule has 17 heavy (non-hydrogen) atoms. The van der Waals surface area contributed by atoms with Gasteiger partial charge in [0.1, 0.15) is 22.8 Å². The molecule has 0 saturated heterocycles. The van der Waals surface area contributed by atoms with Crippen molar-refractivity contribution < 1.29 is 19.5 Å². The van der Waals surface area contributed by atoms with Crippen LogP contribution in [0.4, 0.5) is 0 Å². The number of halogens is 1. The normalized spacial score (nSPS) is 10.5. The molecule has 5 nitrogen and oxygen atoms in total. The maximum absolute atomic E-state index is 11.1. The summed E-state index contributed by atoms with van der Waals surface area (Å²) >= 11 is 5.79. The largest absolute Gasteiger partial charge is 0.507 e. The molecule has 0 aliphatic heterocycles. The Hall–Kier alpha value is -2.01. The molecule has 0 fully saturated rings. The number of hydrogen-bond acceptors (Lipinski definition) is 4. The number of hydrogen-bond donors (Lipinski definition) is 2. The summed E-state index contributed by atoms with van der Waals surface area (Å²) < 4.78 is 4.82. The van der Waals surface area contributed by atoms with Crippen molar-refractivity contribution in [2.45, 2.75) is 6.92 Å². The van der Waals surface area contributed by atoms with Crippen LogP contribution in [-0.2, 0) is 0 Å². The number of phenols is 1. The molecular weight excluding hydrogens is 246 g/mol. The molecule has 88 valence electrons. The smallest absolute Gasteiger partial charge is 0.341 e. The molecule has 0 radical (unpaired) electrons. The Balaban J connectivity index is 2.68. The van der Waals surface area contributed by atoms with Crippen molar-refractivity contribution in [3.8, 4) is 17.0 Å². The van der Waals surface area contributed by atoms with Crippen LogP contribution in [0.3, 0.4) is 0 Å². The summed E-state index contributed by atoms with van der Waals surface area (Å²) in [4.78, 5) is 11.1. The van der Waals surface area contributed by atoms with E-state index in [-0.39, 0.29) is 28.3 Å². The number of carboxylic acid groups (broad SMARTS) is 1. The van der Waals surface area contributed by atoms with E-state index in [0.717, 1.165) is 0 Å². The van der Waals surface area contributed by atoms with Crippen LogP contribution in [0.2, 0.25) is 5.02 Å². The summed E-state index contributed by atoms with van der Waals surface area (Å²) in [7, 11) is 0. The quantitative estimate of drug-likeness (QED) is 0.860. The van der Waals surface area contributed by atoms with E-state index in [1.165, 1.54) is 25.1 Å². The zero-order valence-electron chi connectivity index (χ0n) is 8.77. The first-order valence-corrected chi connectivity index (χ1v) is 5.07. The molecule has 0 spiro atoms.